The summed E-state index contributed by atoms with van der Waals surface area (Å²) >= 11 is 0. The van der Waals surface area contributed by atoms with Crippen molar-refractivity contribution in [3.05, 3.63) is 90.1 Å². The van der Waals surface area contributed by atoms with Gasteiger partial charge in [0.25, 0.3) is 5.91 Å². The maximum absolute atomic E-state index is 13.6. The van der Waals surface area contributed by atoms with Crippen molar-refractivity contribution in [1.82, 2.24) is 5.16 Å². The summed E-state index contributed by atoms with van der Waals surface area (Å²) in [4.78, 5) is 15.2. The first-order chi connectivity index (χ1) is 16.7. The van der Waals surface area contributed by atoms with Crippen LogP contribution in [0, 0.1) is 0 Å². The molecule has 0 fully saturated rings. The van der Waals surface area contributed by atoms with Crippen LogP contribution >= 0.6 is 0 Å². The van der Waals surface area contributed by atoms with Gasteiger partial charge in [-0.25, -0.2) is 0 Å². The second-order valence-corrected chi connectivity index (χ2v) is 7.74. The van der Waals surface area contributed by atoms with E-state index in [0.717, 1.165) is 22.6 Å². The number of benzene rings is 3. The first kappa shape index (κ1) is 21.6. The molecule has 1 amide bonds. The maximum atomic E-state index is 13.6. The Hall–Kier alpha value is -4.26. The number of aromatic nitrogens is 1. The highest BCUT2D eigenvalue weighted by Crippen LogP contribution is 2.35. The van der Waals surface area contributed by atoms with Crippen molar-refractivity contribution in [1.29, 1.82) is 0 Å². The molecule has 2 heterocycles. The highest BCUT2D eigenvalue weighted by atomic mass is 16.6. The average molecular weight is 456 g/mol. The minimum absolute atomic E-state index is 0.217. The Morgan fingerprint density at radius 1 is 0.941 bits per heavy atom. The van der Waals surface area contributed by atoms with Gasteiger partial charge in [-0.3, -0.25) is 4.79 Å². The van der Waals surface area contributed by atoms with Crippen LogP contribution in [0.2, 0.25) is 0 Å². The number of ether oxygens (including phenoxy) is 3. The highest BCUT2D eigenvalue weighted by Gasteiger charge is 2.23. The lowest BCUT2D eigenvalue weighted by Crippen LogP contribution is -2.30. The van der Waals surface area contributed by atoms with Gasteiger partial charge in [-0.1, -0.05) is 35.5 Å². The monoisotopic (exact) mass is 456 g/mol. The van der Waals surface area contributed by atoms with Crippen LogP contribution in [0.25, 0.3) is 11.3 Å². The summed E-state index contributed by atoms with van der Waals surface area (Å²) in [5, 5.41) is 4.08. The van der Waals surface area contributed by atoms with Crippen LogP contribution in [0.3, 0.4) is 0 Å². The number of rotatable bonds is 7. The average Bonchev–Trinajstić information content (AvgIpc) is 3.38. The summed E-state index contributed by atoms with van der Waals surface area (Å²) in [7, 11) is 0. The molecule has 1 aliphatic rings. The molecule has 7 heteroatoms. The van der Waals surface area contributed by atoms with Crippen LogP contribution in [0.1, 0.15) is 23.0 Å². The zero-order chi connectivity index (χ0) is 23.3. The Kier molecular flexibility index (Phi) is 6.16. The van der Waals surface area contributed by atoms with E-state index in [-0.39, 0.29) is 11.6 Å². The van der Waals surface area contributed by atoms with Crippen molar-refractivity contribution in [3.8, 4) is 28.6 Å². The van der Waals surface area contributed by atoms with Gasteiger partial charge in [-0.05, 0) is 55.0 Å². The summed E-state index contributed by atoms with van der Waals surface area (Å²) < 4.78 is 22.3. The third-order valence-electron chi connectivity index (χ3n) is 5.44. The highest BCUT2D eigenvalue weighted by molar-refractivity contribution is 6.05. The predicted octanol–water partition coefficient (Wildman–Crippen LogP) is 5.36. The second kappa shape index (κ2) is 9.70. The molecule has 1 aromatic heterocycles. The minimum Gasteiger partial charge on any atom is -0.494 e. The zero-order valence-corrected chi connectivity index (χ0v) is 18.8. The molecule has 0 N–H and O–H groups in total. The molecule has 7 nitrogen and oxygen atoms in total. The number of carbonyl (C=O) groups is 1. The molecule has 0 aliphatic carbocycles. The van der Waals surface area contributed by atoms with Crippen molar-refractivity contribution >= 4 is 11.6 Å². The van der Waals surface area contributed by atoms with Gasteiger partial charge >= 0.3 is 0 Å². The number of hydrogen-bond donors (Lipinski definition) is 0. The van der Waals surface area contributed by atoms with E-state index in [2.05, 4.69) is 5.16 Å². The molecule has 4 aromatic rings. The van der Waals surface area contributed by atoms with Crippen LogP contribution in [-0.2, 0) is 6.54 Å². The lowest BCUT2D eigenvalue weighted by atomic mass is 10.1. The number of carbonyl (C=O) groups excluding carboxylic acids is 1. The van der Waals surface area contributed by atoms with Gasteiger partial charge in [0.2, 0.25) is 0 Å². The lowest BCUT2D eigenvalue weighted by Gasteiger charge is -2.22. The molecule has 0 saturated carbocycles. The van der Waals surface area contributed by atoms with E-state index in [1.165, 1.54) is 0 Å². The largest absolute Gasteiger partial charge is 0.494 e. The quantitative estimate of drug-likeness (QED) is 0.373. The lowest BCUT2D eigenvalue weighted by molar-refractivity contribution is 0.0976. The Bertz CT molecular complexity index is 1270. The Morgan fingerprint density at radius 2 is 1.71 bits per heavy atom. The van der Waals surface area contributed by atoms with Gasteiger partial charge in [-0.2, -0.15) is 0 Å². The van der Waals surface area contributed by atoms with E-state index >= 15 is 0 Å². The third kappa shape index (κ3) is 4.59. The number of fused-ring (bicyclic) bond motifs is 1. The smallest absolute Gasteiger partial charge is 0.280 e. The summed E-state index contributed by atoms with van der Waals surface area (Å²) in [6.45, 7) is 3.92. The fraction of sp³-hybridized carbons (Fsp3) is 0.185. The molecule has 3 aromatic carbocycles. The molecular weight excluding hydrogens is 432 g/mol. The van der Waals surface area contributed by atoms with Crippen molar-refractivity contribution in [2.75, 3.05) is 24.7 Å². The maximum Gasteiger partial charge on any atom is 0.280 e. The minimum atomic E-state index is -0.263. The molecule has 0 unspecified atom stereocenters. The molecule has 0 spiro atoms. The second-order valence-electron chi connectivity index (χ2n) is 7.74. The molecular formula is C27H24N2O5. The van der Waals surface area contributed by atoms with Crippen LogP contribution in [0.5, 0.6) is 17.2 Å². The number of nitrogens with zero attached hydrogens (tertiary/aromatic N) is 2. The van der Waals surface area contributed by atoms with E-state index in [9.17, 15) is 4.79 Å². The first-order valence-electron chi connectivity index (χ1n) is 11.2. The normalized spacial score (nSPS) is 12.3. The third-order valence-corrected chi connectivity index (χ3v) is 5.44. The molecule has 1 aliphatic heterocycles. The zero-order valence-electron chi connectivity index (χ0n) is 18.8. The fourth-order valence-corrected chi connectivity index (χ4v) is 3.78. The molecule has 5 rings (SSSR count). The van der Waals surface area contributed by atoms with Crippen molar-refractivity contribution < 1.29 is 23.5 Å². The SMILES string of the molecule is CCOc1ccc(N(Cc2ccccc2)C(=O)c2cc(-c3ccc4c(c3)OCCO4)on2)cc1. The molecule has 0 atom stereocenters. The van der Waals surface area contributed by atoms with Gasteiger partial charge in [0.1, 0.15) is 19.0 Å². The summed E-state index contributed by atoms with van der Waals surface area (Å²) in [6.07, 6.45) is 0. The fourth-order valence-electron chi connectivity index (χ4n) is 3.78. The standard InChI is InChI=1S/C27H24N2O5/c1-2-31-22-11-9-21(10-12-22)29(18-19-6-4-3-5-7-19)27(30)23-17-25(34-28-23)20-8-13-24-26(16-20)33-15-14-32-24/h3-13,16-17H,2,14-15,18H2,1H3. The van der Waals surface area contributed by atoms with E-state index < -0.39 is 0 Å². The molecule has 172 valence electrons. The topological polar surface area (TPSA) is 74.0 Å². The van der Waals surface area contributed by atoms with Gasteiger partial charge in [0.05, 0.1) is 13.2 Å². The number of hydrogen-bond acceptors (Lipinski definition) is 6. The molecule has 0 radical (unpaired) electrons. The Balaban J connectivity index is 1.43. The molecule has 0 saturated heterocycles. The van der Waals surface area contributed by atoms with Crippen molar-refractivity contribution in [2.45, 2.75) is 13.5 Å². The van der Waals surface area contributed by atoms with Gasteiger partial charge < -0.3 is 23.6 Å². The molecule has 0 bridgehead atoms. The molecule has 34 heavy (non-hydrogen) atoms. The summed E-state index contributed by atoms with van der Waals surface area (Å²) in [5.41, 5.74) is 2.71. The van der Waals surface area contributed by atoms with Gasteiger partial charge in [-0.15, -0.1) is 0 Å². The summed E-state index contributed by atoms with van der Waals surface area (Å²) in [5.74, 6) is 2.30. The Labute approximate surface area is 197 Å². The van der Waals surface area contributed by atoms with E-state index in [1.54, 1.807) is 11.0 Å². The van der Waals surface area contributed by atoms with E-state index in [1.807, 2.05) is 79.7 Å². The van der Waals surface area contributed by atoms with Crippen LogP contribution < -0.4 is 19.1 Å². The van der Waals surface area contributed by atoms with Crippen LogP contribution in [0.4, 0.5) is 5.69 Å². The van der Waals surface area contributed by atoms with Gasteiger partial charge in [0.15, 0.2) is 23.0 Å². The Morgan fingerprint density at radius 3 is 2.47 bits per heavy atom. The number of anilines is 1. The van der Waals surface area contributed by atoms with E-state index in [0.29, 0.717) is 43.6 Å². The van der Waals surface area contributed by atoms with Crippen LogP contribution in [-0.4, -0.2) is 30.9 Å². The van der Waals surface area contributed by atoms with Crippen molar-refractivity contribution in [2.24, 2.45) is 0 Å². The predicted molar refractivity (Wildman–Crippen MR) is 127 cm³/mol. The number of amides is 1. The van der Waals surface area contributed by atoms with Crippen molar-refractivity contribution in [3.63, 3.8) is 0 Å². The van der Waals surface area contributed by atoms with E-state index in [4.69, 9.17) is 18.7 Å². The van der Waals surface area contributed by atoms with Gasteiger partial charge in [0, 0.05) is 17.3 Å². The first-order valence-corrected chi connectivity index (χ1v) is 11.2. The van der Waals surface area contributed by atoms with Crippen LogP contribution in [0.15, 0.2) is 83.4 Å². The summed E-state index contributed by atoms with van der Waals surface area (Å²) in [6, 6.07) is 24.4.